The maximum Gasteiger partial charge on any atom is 0.0312 e. The van der Waals surface area contributed by atoms with Crippen LogP contribution >= 0.6 is 0 Å². The van der Waals surface area contributed by atoms with E-state index >= 15 is 0 Å². The SMILES string of the molecule is CC(C)Cc1ccc(CN(C)Cc2cccnc2)cc1. The van der Waals surface area contributed by atoms with E-state index in [4.69, 9.17) is 0 Å². The molecule has 1 aromatic heterocycles. The normalized spacial score (nSPS) is 11.2. The lowest BCUT2D eigenvalue weighted by atomic mass is 10.0. The van der Waals surface area contributed by atoms with Crippen LogP contribution in [0.15, 0.2) is 48.8 Å². The molecular weight excluding hydrogens is 244 g/mol. The van der Waals surface area contributed by atoms with Crippen molar-refractivity contribution in [3.63, 3.8) is 0 Å². The highest BCUT2D eigenvalue weighted by Crippen LogP contribution is 2.12. The van der Waals surface area contributed by atoms with Gasteiger partial charge in [-0.1, -0.05) is 44.2 Å². The molecule has 0 aliphatic carbocycles. The van der Waals surface area contributed by atoms with E-state index in [-0.39, 0.29) is 0 Å². The Morgan fingerprint density at radius 3 is 2.20 bits per heavy atom. The molecule has 2 aromatic rings. The van der Waals surface area contributed by atoms with Crippen LogP contribution in [-0.4, -0.2) is 16.9 Å². The predicted molar refractivity (Wildman–Crippen MR) is 84.4 cm³/mol. The van der Waals surface area contributed by atoms with Crippen molar-refractivity contribution in [2.45, 2.75) is 33.4 Å². The average molecular weight is 268 g/mol. The Labute approximate surface area is 122 Å². The zero-order chi connectivity index (χ0) is 14.4. The first-order valence-electron chi connectivity index (χ1n) is 7.29. The van der Waals surface area contributed by atoms with Gasteiger partial charge in [-0.25, -0.2) is 0 Å². The third-order valence-corrected chi connectivity index (χ3v) is 3.29. The Kier molecular flexibility index (Phi) is 5.31. The van der Waals surface area contributed by atoms with Gasteiger partial charge in [0.2, 0.25) is 0 Å². The highest BCUT2D eigenvalue weighted by atomic mass is 15.1. The van der Waals surface area contributed by atoms with Crippen LogP contribution in [0, 0.1) is 5.92 Å². The van der Waals surface area contributed by atoms with E-state index in [0.717, 1.165) is 19.5 Å². The third-order valence-electron chi connectivity index (χ3n) is 3.29. The fourth-order valence-corrected chi connectivity index (χ4v) is 2.42. The standard InChI is InChI=1S/C18H24N2/c1-15(2)11-16-6-8-17(9-7-16)13-20(3)14-18-5-4-10-19-12-18/h4-10,12,15H,11,13-14H2,1-3H3. The van der Waals surface area contributed by atoms with E-state index in [1.807, 2.05) is 18.5 Å². The van der Waals surface area contributed by atoms with Gasteiger partial charge in [0.15, 0.2) is 0 Å². The van der Waals surface area contributed by atoms with Crippen LogP contribution < -0.4 is 0 Å². The molecule has 0 aliphatic heterocycles. The van der Waals surface area contributed by atoms with Gasteiger partial charge in [-0.3, -0.25) is 9.88 Å². The number of hydrogen-bond donors (Lipinski definition) is 0. The molecule has 2 nitrogen and oxygen atoms in total. The van der Waals surface area contributed by atoms with Gasteiger partial charge in [0.1, 0.15) is 0 Å². The third kappa shape index (κ3) is 4.78. The van der Waals surface area contributed by atoms with Crippen LogP contribution in [0.3, 0.4) is 0 Å². The summed E-state index contributed by atoms with van der Waals surface area (Å²) in [6, 6.07) is 13.1. The van der Waals surface area contributed by atoms with Gasteiger partial charge in [0.25, 0.3) is 0 Å². The van der Waals surface area contributed by atoms with Crippen molar-refractivity contribution in [3.05, 3.63) is 65.5 Å². The van der Waals surface area contributed by atoms with Crippen molar-refractivity contribution >= 4 is 0 Å². The lowest BCUT2D eigenvalue weighted by Gasteiger charge is -2.17. The minimum absolute atomic E-state index is 0.717. The summed E-state index contributed by atoms with van der Waals surface area (Å²) in [6.45, 7) is 6.42. The van der Waals surface area contributed by atoms with Gasteiger partial charge in [-0.05, 0) is 42.1 Å². The molecule has 0 saturated heterocycles. The Morgan fingerprint density at radius 2 is 1.60 bits per heavy atom. The van der Waals surface area contributed by atoms with Crippen LogP contribution in [0.1, 0.15) is 30.5 Å². The number of aromatic nitrogens is 1. The molecular formula is C18H24N2. The van der Waals surface area contributed by atoms with Crippen molar-refractivity contribution in [2.24, 2.45) is 5.92 Å². The van der Waals surface area contributed by atoms with Gasteiger partial charge < -0.3 is 0 Å². The second-order valence-electron chi connectivity index (χ2n) is 5.95. The summed E-state index contributed by atoms with van der Waals surface area (Å²) in [7, 11) is 2.15. The summed E-state index contributed by atoms with van der Waals surface area (Å²) in [5, 5.41) is 0. The number of benzene rings is 1. The van der Waals surface area contributed by atoms with Gasteiger partial charge in [-0.2, -0.15) is 0 Å². The van der Waals surface area contributed by atoms with Gasteiger partial charge >= 0.3 is 0 Å². The Hall–Kier alpha value is -1.67. The van der Waals surface area contributed by atoms with E-state index in [1.54, 1.807) is 0 Å². The minimum Gasteiger partial charge on any atom is -0.298 e. The van der Waals surface area contributed by atoms with E-state index in [0.29, 0.717) is 5.92 Å². The van der Waals surface area contributed by atoms with E-state index < -0.39 is 0 Å². The maximum atomic E-state index is 4.16. The smallest absolute Gasteiger partial charge is 0.0312 e. The number of hydrogen-bond acceptors (Lipinski definition) is 2. The Balaban J connectivity index is 1.89. The van der Waals surface area contributed by atoms with Crippen LogP contribution in [0.25, 0.3) is 0 Å². The number of nitrogens with zero attached hydrogens (tertiary/aromatic N) is 2. The first-order chi connectivity index (χ1) is 9.63. The number of rotatable bonds is 6. The van der Waals surface area contributed by atoms with Crippen molar-refractivity contribution in [1.29, 1.82) is 0 Å². The number of pyridine rings is 1. The van der Waals surface area contributed by atoms with E-state index in [9.17, 15) is 0 Å². The van der Waals surface area contributed by atoms with Gasteiger partial charge in [0, 0.05) is 25.5 Å². The molecule has 0 aliphatic rings. The average Bonchev–Trinajstić information content (AvgIpc) is 2.41. The molecule has 0 atom stereocenters. The molecule has 2 rings (SSSR count). The molecule has 0 amide bonds. The summed E-state index contributed by atoms with van der Waals surface area (Å²) < 4.78 is 0. The minimum atomic E-state index is 0.717. The monoisotopic (exact) mass is 268 g/mol. The first kappa shape index (κ1) is 14.7. The van der Waals surface area contributed by atoms with Gasteiger partial charge in [-0.15, -0.1) is 0 Å². The molecule has 0 spiro atoms. The highest BCUT2D eigenvalue weighted by Gasteiger charge is 2.03. The second-order valence-corrected chi connectivity index (χ2v) is 5.95. The topological polar surface area (TPSA) is 16.1 Å². The molecule has 20 heavy (non-hydrogen) atoms. The lowest BCUT2D eigenvalue weighted by Crippen LogP contribution is -2.17. The molecule has 0 saturated carbocycles. The van der Waals surface area contributed by atoms with Crippen molar-refractivity contribution in [2.75, 3.05) is 7.05 Å². The molecule has 106 valence electrons. The van der Waals surface area contributed by atoms with Crippen LogP contribution in [0.5, 0.6) is 0 Å². The van der Waals surface area contributed by atoms with E-state index in [1.165, 1.54) is 16.7 Å². The lowest BCUT2D eigenvalue weighted by molar-refractivity contribution is 0.318. The summed E-state index contributed by atoms with van der Waals surface area (Å²) in [6.07, 6.45) is 4.91. The quantitative estimate of drug-likeness (QED) is 0.789. The zero-order valence-corrected chi connectivity index (χ0v) is 12.7. The second kappa shape index (κ2) is 7.20. The molecule has 2 heteroatoms. The molecule has 0 fully saturated rings. The fourth-order valence-electron chi connectivity index (χ4n) is 2.42. The van der Waals surface area contributed by atoms with Crippen molar-refractivity contribution in [3.8, 4) is 0 Å². The maximum absolute atomic E-state index is 4.16. The summed E-state index contributed by atoms with van der Waals surface area (Å²) in [5.41, 5.74) is 4.05. The largest absolute Gasteiger partial charge is 0.298 e. The summed E-state index contributed by atoms with van der Waals surface area (Å²) in [4.78, 5) is 6.47. The summed E-state index contributed by atoms with van der Waals surface area (Å²) >= 11 is 0. The highest BCUT2D eigenvalue weighted by molar-refractivity contribution is 5.23. The molecule has 0 unspecified atom stereocenters. The molecule has 0 bridgehead atoms. The van der Waals surface area contributed by atoms with E-state index in [2.05, 4.69) is 61.1 Å². The summed E-state index contributed by atoms with van der Waals surface area (Å²) in [5.74, 6) is 0.717. The predicted octanol–water partition coefficient (Wildman–Crippen LogP) is 3.91. The Morgan fingerprint density at radius 1 is 0.950 bits per heavy atom. The van der Waals surface area contributed by atoms with Gasteiger partial charge in [0.05, 0.1) is 0 Å². The first-order valence-corrected chi connectivity index (χ1v) is 7.29. The Bertz CT molecular complexity index is 503. The molecule has 1 aromatic carbocycles. The fraction of sp³-hybridized carbons (Fsp3) is 0.389. The van der Waals surface area contributed by atoms with Crippen LogP contribution in [0.4, 0.5) is 0 Å². The zero-order valence-electron chi connectivity index (χ0n) is 12.7. The van der Waals surface area contributed by atoms with Crippen molar-refractivity contribution in [1.82, 2.24) is 9.88 Å². The molecule has 1 heterocycles. The molecule has 0 N–H and O–H groups in total. The van der Waals surface area contributed by atoms with Crippen molar-refractivity contribution < 1.29 is 0 Å². The van der Waals surface area contributed by atoms with Crippen LogP contribution in [0.2, 0.25) is 0 Å². The molecule has 0 radical (unpaired) electrons. The van der Waals surface area contributed by atoms with Crippen LogP contribution in [-0.2, 0) is 19.5 Å².